The number of aromatic nitrogens is 1. The SMILES string of the molecule is CC(Oc1ccc2nc(NC(=O)NCCN3CCCCCC3)sc2c1)c1c(Cl)ccc(F)c1Cl. The molecule has 0 spiro atoms. The average Bonchev–Trinajstić information content (AvgIpc) is 3.00. The minimum atomic E-state index is -0.561. The summed E-state index contributed by atoms with van der Waals surface area (Å²) in [6, 6.07) is 7.82. The van der Waals surface area contributed by atoms with Gasteiger partial charge in [0.25, 0.3) is 0 Å². The summed E-state index contributed by atoms with van der Waals surface area (Å²) in [5.41, 5.74) is 1.14. The molecule has 1 saturated heterocycles. The normalized spacial score (nSPS) is 15.6. The molecule has 1 unspecified atom stereocenters. The van der Waals surface area contributed by atoms with Gasteiger partial charge in [-0.2, -0.15) is 0 Å². The highest BCUT2D eigenvalue weighted by atomic mass is 35.5. The number of rotatable bonds is 7. The van der Waals surface area contributed by atoms with Crippen LogP contribution >= 0.6 is 34.5 Å². The number of nitrogens with one attached hydrogen (secondary N) is 2. The Kier molecular flexibility index (Phi) is 8.47. The first-order valence-electron chi connectivity index (χ1n) is 11.4. The van der Waals surface area contributed by atoms with Gasteiger partial charge >= 0.3 is 6.03 Å². The van der Waals surface area contributed by atoms with Gasteiger partial charge in [0.1, 0.15) is 17.7 Å². The largest absolute Gasteiger partial charge is 0.486 e. The molecular formula is C24H27Cl2FN4O2S. The number of nitrogens with zero attached hydrogens (tertiary/aromatic N) is 2. The number of carbonyl (C=O) groups excluding carboxylic acids is 1. The molecule has 34 heavy (non-hydrogen) atoms. The molecule has 1 aromatic heterocycles. The van der Waals surface area contributed by atoms with E-state index in [2.05, 4.69) is 20.5 Å². The molecule has 2 aromatic carbocycles. The van der Waals surface area contributed by atoms with E-state index in [1.54, 1.807) is 13.0 Å². The first-order chi connectivity index (χ1) is 16.4. The molecule has 0 radical (unpaired) electrons. The predicted molar refractivity (Wildman–Crippen MR) is 137 cm³/mol. The van der Waals surface area contributed by atoms with E-state index in [0.29, 0.717) is 28.0 Å². The van der Waals surface area contributed by atoms with E-state index in [4.69, 9.17) is 27.9 Å². The van der Waals surface area contributed by atoms with Crippen molar-refractivity contribution in [1.29, 1.82) is 0 Å². The Morgan fingerprint density at radius 1 is 1.21 bits per heavy atom. The highest BCUT2D eigenvalue weighted by Crippen LogP contribution is 2.36. The maximum Gasteiger partial charge on any atom is 0.321 e. The molecule has 1 fully saturated rings. The van der Waals surface area contributed by atoms with Crippen molar-refractivity contribution < 1.29 is 13.9 Å². The molecule has 2 amide bonds. The van der Waals surface area contributed by atoms with Crippen molar-refractivity contribution in [1.82, 2.24) is 15.2 Å². The van der Waals surface area contributed by atoms with Crippen LogP contribution in [0.5, 0.6) is 5.75 Å². The molecule has 6 nitrogen and oxygen atoms in total. The molecular weight excluding hydrogens is 498 g/mol. The van der Waals surface area contributed by atoms with E-state index in [9.17, 15) is 9.18 Å². The molecule has 2 heterocycles. The monoisotopic (exact) mass is 524 g/mol. The van der Waals surface area contributed by atoms with Gasteiger partial charge in [-0.1, -0.05) is 47.4 Å². The number of thiazole rings is 1. The van der Waals surface area contributed by atoms with Crippen molar-refractivity contribution in [3.8, 4) is 5.75 Å². The Morgan fingerprint density at radius 2 is 1.97 bits per heavy atom. The van der Waals surface area contributed by atoms with Crippen LogP contribution in [0.4, 0.5) is 14.3 Å². The maximum absolute atomic E-state index is 13.9. The molecule has 0 aliphatic carbocycles. The number of hydrogen-bond donors (Lipinski definition) is 2. The van der Waals surface area contributed by atoms with Crippen LogP contribution in [0.1, 0.15) is 44.3 Å². The Balaban J connectivity index is 1.34. The quantitative estimate of drug-likeness (QED) is 0.330. The number of urea groups is 1. The van der Waals surface area contributed by atoms with Crippen molar-refractivity contribution in [2.75, 3.05) is 31.5 Å². The molecule has 1 aliphatic heterocycles. The number of fused-ring (bicyclic) bond motifs is 1. The number of anilines is 1. The van der Waals surface area contributed by atoms with E-state index in [0.717, 1.165) is 29.9 Å². The van der Waals surface area contributed by atoms with Crippen LogP contribution in [-0.4, -0.2) is 42.1 Å². The topological polar surface area (TPSA) is 66.5 Å². The molecule has 4 rings (SSSR count). The van der Waals surface area contributed by atoms with Gasteiger partial charge < -0.3 is 15.0 Å². The highest BCUT2D eigenvalue weighted by Gasteiger charge is 2.19. The van der Waals surface area contributed by atoms with Gasteiger partial charge in [-0.15, -0.1) is 0 Å². The van der Waals surface area contributed by atoms with Crippen LogP contribution in [0, 0.1) is 5.82 Å². The number of benzene rings is 2. The minimum Gasteiger partial charge on any atom is -0.486 e. The first-order valence-corrected chi connectivity index (χ1v) is 13.0. The second kappa shape index (κ2) is 11.5. The van der Waals surface area contributed by atoms with Crippen LogP contribution < -0.4 is 15.4 Å². The summed E-state index contributed by atoms with van der Waals surface area (Å²) in [7, 11) is 0. The number of halogens is 3. The van der Waals surface area contributed by atoms with Crippen molar-refractivity contribution in [3.05, 3.63) is 51.8 Å². The van der Waals surface area contributed by atoms with Gasteiger partial charge in [-0.3, -0.25) is 5.32 Å². The number of carbonyl (C=O) groups is 1. The lowest BCUT2D eigenvalue weighted by Gasteiger charge is -2.19. The van der Waals surface area contributed by atoms with Crippen LogP contribution in [0.2, 0.25) is 10.0 Å². The fraction of sp³-hybridized carbons (Fsp3) is 0.417. The van der Waals surface area contributed by atoms with E-state index in [1.807, 2.05) is 12.1 Å². The van der Waals surface area contributed by atoms with Crippen molar-refractivity contribution in [2.24, 2.45) is 0 Å². The van der Waals surface area contributed by atoms with Gasteiger partial charge in [0.2, 0.25) is 0 Å². The summed E-state index contributed by atoms with van der Waals surface area (Å²) in [6.07, 6.45) is 4.48. The fourth-order valence-electron chi connectivity index (χ4n) is 4.04. The van der Waals surface area contributed by atoms with E-state index in [-0.39, 0.29) is 11.1 Å². The standard InChI is InChI=1S/C24H27Cl2FN4O2S/c1-15(21-17(25)7-8-18(27)22(21)26)33-16-6-9-19-20(14-16)34-24(29-19)30-23(32)28-10-13-31-11-4-2-3-5-12-31/h6-9,14-15H,2-5,10-13H2,1H3,(H2,28,29,30,32). The third kappa shape index (κ3) is 6.30. The van der Waals surface area contributed by atoms with Crippen LogP contribution in [0.3, 0.4) is 0 Å². The molecule has 3 aromatic rings. The Morgan fingerprint density at radius 3 is 2.74 bits per heavy atom. The summed E-state index contributed by atoms with van der Waals surface area (Å²) in [6.45, 7) is 5.40. The smallest absolute Gasteiger partial charge is 0.321 e. The second-order valence-electron chi connectivity index (χ2n) is 8.30. The summed E-state index contributed by atoms with van der Waals surface area (Å²) < 4.78 is 20.7. The molecule has 2 N–H and O–H groups in total. The molecule has 182 valence electrons. The van der Waals surface area contributed by atoms with Gasteiger partial charge in [0.05, 0.1) is 15.2 Å². The lowest BCUT2D eigenvalue weighted by molar-refractivity contribution is 0.227. The molecule has 0 bridgehead atoms. The molecule has 1 aliphatic rings. The summed E-state index contributed by atoms with van der Waals surface area (Å²) in [5, 5.41) is 6.51. The second-order valence-corrected chi connectivity index (χ2v) is 10.1. The fourth-order valence-corrected chi connectivity index (χ4v) is 5.61. The Labute approximate surface area is 212 Å². The van der Waals surface area contributed by atoms with Crippen LogP contribution in [0.25, 0.3) is 10.2 Å². The number of amides is 2. The lowest BCUT2D eigenvalue weighted by atomic mass is 10.1. The van der Waals surface area contributed by atoms with E-state index >= 15 is 0 Å². The maximum atomic E-state index is 13.9. The van der Waals surface area contributed by atoms with Crippen molar-refractivity contribution in [2.45, 2.75) is 38.7 Å². The molecule has 0 saturated carbocycles. The zero-order valence-electron chi connectivity index (χ0n) is 18.9. The molecule has 10 heteroatoms. The summed E-state index contributed by atoms with van der Waals surface area (Å²) >= 11 is 13.7. The Bertz CT molecular complexity index is 1150. The lowest BCUT2D eigenvalue weighted by Crippen LogP contribution is -2.37. The van der Waals surface area contributed by atoms with Crippen LogP contribution in [0.15, 0.2) is 30.3 Å². The van der Waals surface area contributed by atoms with Gasteiger partial charge in [-0.25, -0.2) is 14.2 Å². The zero-order valence-corrected chi connectivity index (χ0v) is 21.2. The third-order valence-corrected chi connectivity index (χ3v) is 7.44. The van der Waals surface area contributed by atoms with E-state index < -0.39 is 11.9 Å². The number of likely N-dealkylation sites (tertiary alicyclic amines) is 1. The first kappa shape index (κ1) is 25.0. The van der Waals surface area contributed by atoms with Gasteiger partial charge in [-0.05, 0) is 63.2 Å². The Hall–Kier alpha value is -2.13. The summed E-state index contributed by atoms with van der Waals surface area (Å²) in [4.78, 5) is 19.2. The third-order valence-electron chi connectivity index (χ3n) is 5.79. The number of hydrogen-bond acceptors (Lipinski definition) is 5. The summed E-state index contributed by atoms with van der Waals surface area (Å²) in [5.74, 6) is 0.0170. The minimum absolute atomic E-state index is 0.0489. The van der Waals surface area contributed by atoms with Crippen molar-refractivity contribution in [3.63, 3.8) is 0 Å². The van der Waals surface area contributed by atoms with Crippen LogP contribution in [-0.2, 0) is 0 Å². The van der Waals surface area contributed by atoms with Gasteiger partial charge in [0, 0.05) is 23.7 Å². The predicted octanol–water partition coefficient (Wildman–Crippen LogP) is 6.88. The molecule has 1 atom stereocenters. The van der Waals surface area contributed by atoms with Crippen molar-refractivity contribution >= 4 is 55.9 Å². The zero-order chi connectivity index (χ0) is 24.1. The van der Waals surface area contributed by atoms with E-state index in [1.165, 1.54) is 49.2 Å². The van der Waals surface area contributed by atoms with Gasteiger partial charge in [0.15, 0.2) is 5.13 Å². The number of ether oxygens (including phenoxy) is 1. The highest BCUT2D eigenvalue weighted by molar-refractivity contribution is 7.22. The average molecular weight is 525 g/mol.